The van der Waals surface area contributed by atoms with Gasteiger partial charge in [0.2, 0.25) is 5.95 Å². The molecule has 6 rings (SSSR count). The van der Waals surface area contributed by atoms with E-state index in [4.69, 9.17) is 9.72 Å². The van der Waals surface area contributed by atoms with Gasteiger partial charge in [-0.25, -0.2) is 28.4 Å². The summed E-state index contributed by atoms with van der Waals surface area (Å²) in [6.07, 6.45) is 3.43. The van der Waals surface area contributed by atoms with Crippen LogP contribution in [0.2, 0.25) is 0 Å². The molecule has 4 aromatic heterocycles. The number of fused-ring (bicyclic) bond motifs is 3. The van der Waals surface area contributed by atoms with Crippen molar-refractivity contribution < 1.29 is 17.9 Å². The summed E-state index contributed by atoms with van der Waals surface area (Å²) in [5, 5.41) is 4.16. The summed E-state index contributed by atoms with van der Waals surface area (Å²) in [5.41, 5.74) is 3.54. The molecule has 0 amide bonds. The molecule has 1 aliphatic heterocycles. The van der Waals surface area contributed by atoms with Crippen molar-refractivity contribution in [1.82, 2.24) is 24.7 Å². The van der Waals surface area contributed by atoms with Gasteiger partial charge in [-0.05, 0) is 48.9 Å². The molecule has 0 atom stereocenters. The maximum absolute atomic E-state index is 14.5. The maximum atomic E-state index is 14.5. The van der Waals surface area contributed by atoms with Crippen molar-refractivity contribution in [2.24, 2.45) is 0 Å². The van der Waals surface area contributed by atoms with Gasteiger partial charge in [-0.3, -0.25) is 0 Å². The van der Waals surface area contributed by atoms with E-state index in [0.29, 0.717) is 47.1 Å². The summed E-state index contributed by atoms with van der Waals surface area (Å²) in [6.45, 7) is 2.12. The number of ether oxygens (including phenoxy) is 1. The number of benzene rings is 1. The first kappa shape index (κ1) is 21.5. The zero-order chi connectivity index (χ0) is 24.1. The Morgan fingerprint density at radius 1 is 1.03 bits per heavy atom. The molecule has 5 aromatic rings. The second-order valence-electron chi connectivity index (χ2n) is 8.03. The summed E-state index contributed by atoms with van der Waals surface area (Å²) in [6, 6.07) is 10.7. The van der Waals surface area contributed by atoms with Crippen LogP contribution in [0.25, 0.3) is 38.2 Å². The van der Waals surface area contributed by atoms with Gasteiger partial charge in [0.1, 0.15) is 29.3 Å². The average molecular weight is 491 g/mol. The minimum Gasteiger partial charge on any atom is -0.491 e. The Kier molecular flexibility index (Phi) is 5.10. The van der Waals surface area contributed by atoms with Crippen LogP contribution < -0.4 is 4.74 Å². The molecular weight excluding hydrogens is 475 g/mol. The van der Waals surface area contributed by atoms with Gasteiger partial charge in [0.25, 0.3) is 0 Å². The highest BCUT2D eigenvalue weighted by Gasteiger charge is 2.24. The molecule has 0 saturated heterocycles. The van der Waals surface area contributed by atoms with Crippen LogP contribution in [-0.4, -0.2) is 31.3 Å². The Balaban J connectivity index is 1.46. The van der Waals surface area contributed by atoms with E-state index >= 15 is 0 Å². The molecule has 1 aromatic carbocycles. The Morgan fingerprint density at radius 3 is 2.74 bits per heavy atom. The molecule has 0 bridgehead atoms. The van der Waals surface area contributed by atoms with Crippen LogP contribution in [-0.2, 0) is 6.42 Å². The van der Waals surface area contributed by atoms with Gasteiger partial charge >= 0.3 is 0 Å². The molecule has 0 aliphatic carbocycles. The van der Waals surface area contributed by atoms with E-state index in [1.54, 1.807) is 13.0 Å². The fourth-order valence-corrected chi connectivity index (χ4v) is 5.21. The second-order valence-corrected chi connectivity index (χ2v) is 9.08. The Morgan fingerprint density at radius 2 is 1.91 bits per heavy atom. The molecule has 6 nitrogen and oxygen atoms in total. The van der Waals surface area contributed by atoms with Gasteiger partial charge in [-0.15, -0.1) is 11.3 Å². The Labute approximate surface area is 201 Å². The third kappa shape index (κ3) is 3.75. The third-order valence-electron chi connectivity index (χ3n) is 5.73. The van der Waals surface area contributed by atoms with E-state index in [1.807, 2.05) is 18.2 Å². The van der Waals surface area contributed by atoms with Crippen molar-refractivity contribution in [3.63, 3.8) is 0 Å². The number of rotatable bonds is 3. The van der Waals surface area contributed by atoms with E-state index in [1.165, 1.54) is 40.7 Å². The highest BCUT2D eigenvalue weighted by molar-refractivity contribution is 7.19. The fourth-order valence-electron chi connectivity index (χ4n) is 4.02. The highest BCUT2D eigenvalue weighted by atomic mass is 32.1. The van der Waals surface area contributed by atoms with Crippen LogP contribution in [0, 0.1) is 24.5 Å². The smallest absolute Gasteiger partial charge is 0.215 e. The van der Waals surface area contributed by atoms with Gasteiger partial charge in [0.15, 0.2) is 11.6 Å². The van der Waals surface area contributed by atoms with Crippen LogP contribution in [0.4, 0.5) is 13.2 Å². The summed E-state index contributed by atoms with van der Waals surface area (Å²) in [7, 11) is 0. The molecule has 0 saturated carbocycles. The average Bonchev–Trinajstić information content (AvgIpc) is 3.45. The monoisotopic (exact) mass is 491 g/mol. The lowest BCUT2D eigenvalue weighted by molar-refractivity contribution is 0.325. The van der Waals surface area contributed by atoms with Gasteiger partial charge in [0, 0.05) is 29.8 Å². The molecule has 5 heterocycles. The number of aromatic nitrogens is 5. The maximum Gasteiger partial charge on any atom is 0.215 e. The number of pyridine rings is 2. The molecular formula is C25H16F3N5OS. The summed E-state index contributed by atoms with van der Waals surface area (Å²) >= 11 is 1.44. The van der Waals surface area contributed by atoms with Gasteiger partial charge in [-0.1, -0.05) is 0 Å². The minimum absolute atomic E-state index is 0.103. The zero-order valence-corrected chi connectivity index (χ0v) is 19.1. The van der Waals surface area contributed by atoms with E-state index in [-0.39, 0.29) is 5.69 Å². The number of halogens is 3. The molecule has 1 aliphatic rings. The van der Waals surface area contributed by atoms with Crippen molar-refractivity contribution in [1.29, 1.82) is 0 Å². The lowest BCUT2D eigenvalue weighted by atomic mass is 10.1. The van der Waals surface area contributed by atoms with Crippen molar-refractivity contribution in [3.8, 4) is 44.0 Å². The lowest BCUT2D eigenvalue weighted by Gasteiger charge is -2.09. The van der Waals surface area contributed by atoms with Crippen molar-refractivity contribution >= 4 is 11.3 Å². The first-order chi connectivity index (χ1) is 17.0. The van der Waals surface area contributed by atoms with Crippen LogP contribution in [0.5, 0.6) is 5.75 Å². The Bertz CT molecular complexity index is 1600. The standard InChI is InChI=1S/C25H16F3N5OS/c1-13-8-15(11-29-24(13)28)18-3-5-20-22(32-18)23-14(6-7-34-20)9-21(35-23)25-30-12-31-33(25)19-4-2-16(26)10-17(19)27/h2-5,8-12H,6-7H2,1H3. The number of hydrogen-bond donors (Lipinski definition) is 0. The van der Waals surface area contributed by atoms with E-state index in [9.17, 15) is 13.2 Å². The van der Waals surface area contributed by atoms with Crippen LogP contribution in [0.1, 0.15) is 11.1 Å². The van der Waals surface area contributed by atoms with E-state index in [0.717, 1.165) is 21.4 Å². The first-order valence-electron chi connectivity index (χ1n) is 10.7. The molecule has 0 N–H and O–H groups in total. The van der Waals surface area contributed by atoms with Crippen LogP contribution in [0.15, 0.2) is 55.0 Å². The number of aryl methyl sites for hydroxylation is 1. The van der Waals surface area contributed by atoms with Crippen molar-refractivity contribution in [2.75, 3.05) is 6.61 Å². The van der Waals surface area contributed by atoms with Crippen molar-refractivity contribution in [3.05, 3.63) is 83.7 Å². The largest absolute Gasteiger partial charge is 0.491 e. The normalized spacial score (nSPS) is 12.6. The predicted molar refractivity (Wildman–Crippen MR) is 125 cm³/mol. The van der Waals surface area contributed by atoms with Crippen LogP contribution in [0.3, 0.4) is 0 Å². The third-order valence-corrected chi connectivity index (χ3v) is 6.91. The van der Waals surface area contributed by atoms with Crippen molar-refractivity contribution in [2.45, 2.75) is 13.3 Å². The highest BCUT2D eigenvalue weighted by Crippen LogP contribution is 2.43. The fraction of sp³-hybridized carbons (Fsp3) is 0.120. The molecule has 0 radical (unpaired) electrons. The number of thiophene rings is 1. The van der Waals surface area contributed by atoms with Gasteiger partial charge < -0.3 is 4.74 Å². The zero-order valence-electron chi connectivity index (χ0n) is 18.3. The molecule has 35 heavy (non-hydrogen) atoms. The molecule has 174 valence electrons. The minimum atomic E-state index is -0.733. The van der Waals surface area contributed by atoms with E-state index < -0.39 is 17.6 Å². The first-order valence-corrected chi connectivity index (χ1v) is 11.5. The Hall–Kier alpha value is -4.05. The molecule has 0 spiro atoms. The predicted octanol–water partition coefficient (Wildman–Crippen LogP) is 5.78. The van der Waals surface area contributed by atoms with E-state index in [2.05, 4.69) is 15.1 Å². The van der Waals surface area contributed by atoms with Gasteiger partial charge in [-0.2, -0.15) is 9.49 Å². The molecule has 0 unspecified atom stereocenters. The topological polar surface area (TPSA) is 65.7 Å². The summed E-state index contributed by atoms with van der Waals surface area (Å²) in [5.74, 6) is -0.841. The quantitative estimate of drug-likeness (QED) is 0.299. The second kappa shape index (κ2) is 8.31. The number of nitrogens with zero attached hydrogens (tertiary/aromatic N) is 5. The SMILES string of the molecule is Cc1cc(-c2ccc3c(n2)-c2sc(-c4ncnn4-c4ccc(F)cc4F)cc2CCO3)cnc1F. The van der Waals surface area contributed by atoms with Gasteiger partial charge in [0.05, 0.1) is 22.1 Å². The number of hydrogen-bond acceptors (Lipinski definition) is 6. The summed E-state index contributed by atoms with van der Waals surface area (Å²) in [4.78, 5) is 14.6. The van der Waals surface area contributed by atoms with Crippen LogP contribution >= 0.6 is 11.3 Å². The molecule has 0 fully saturated rings. The lowest BCUT2D eigenvalue weighted by Crippen LogP contribution is -2.02. The summed E-state index contributed by atoms with van der Waals surface area (Å²) < 4.78 is 48.8. The molecule has 10 heteroatoms.